The molecule has 1 rings (SSSR count). The number of nitrogens with zero attached hydrogens (tertiary/aromatic N) is 1. The third-order valence-electron chi connectivity index (χ3n) is 3.94. The molecule has 9 heteroatoms. The van der Waals surface area contributed by atoms with Crippen LogP contribution in [0.2, 0.25) is 0 Å². The van der Waals surface area contributed by atoms with Gasteiger partial charge in [0.05, 0.1) is 39.4 Å². The van der Waals surface area contributed by atoms with Crippen molar-refractivity contribution in [1.29, 1.82) is 5.26 Å². The van der Waals surface area contributed by atoms with Crippen molar-refractivity contribution in [3.63, 3.8) is 0 Å². The predicted molar refractivity (Wildman–Crippen MR) is 115 cm³/mol. The van der Waals surface area contributed by atoms with Gasteiger partial charge in [0.25, 0.3) is 0 Å². The zero-order chi connectivity index (χ0) is 23.0. The smallest absolute Gasteiger partial charge is 0.746 e. The number of methoxy groups -OCH3 is 1. The van der Waals surface area contributed by atoms with Crippen LogP contribution in [-0.4, -0.2) is 26.9 Å². The Bertz CT molecular complexity index is 821. The Morgan fingerprint density at radius 1 is 1.19 bits per heavy atom. The van der Waals surface area contributed by atoms with Gasteiger partial charge in [-0.2, -0.15) is 5.26 Å². The summed E-state index contributed by atoms with van der Waals surface area (Å²) in [6, 6.07) is 8.39. The minimum atomic E-state index is -4.58. The first-order valence-electron chi connectivity index (χ1n) is 9.77. The fraction of sp³-hybridized carbons (Fsp3) is 0.591. The third-order valence-corrected chi connectivity index (χ3v) is 4.87. The Hall–Kier alpha value is -0.840. The summed E-state index contributed by atoms with van der Waals surface area (Å²) in [5.74, 6) is 0.703. The molecule has 31 heavy (non-hydrogen) atoms. The largest absolute Gasteiger partial charge is 1.00 e. The standard InChI is InChI=1S/C22H34NO6P.Na/c1-21(2,3)16-27-15-19(22(4,5)6)20(26-7)17-10-8-11-18(14-17)29-30(24,25)28-13-9-12-23;/h8,10-11,14H,9,13,15-16H2,1-7H3,(H,24,25);/q;+1/p-1. The van der Waals surface area contributed by atoms with E-state index in [1.54, 1.807) is 19.2 Å². The molecular weight excluding hydrogens is 428 g/mol. The Morgan fingerprint density at radius 3 is 2.35 bits per heavy atom. The topological polar surface area (TPSA) is 101 Å². The average Bonchev–Trinajstić information content (AvgIpc) is 2.59. The molecule has 1 aromatic rings. The van der Waals surface area contributed by atoms with Crippen LogP contribution in [0, 0.1) is 22.2 Å². The summed E-state index contributed by atoms with van der Waals surface area (Å²) in [6.07, 6.45) is -0.0459. The normalized spacial score (nSPS) is 14.5. The Morgan fingerprint density at radius 2 is 1.84 bits per heavy atom. The van der Waals surface area contributed by atoms with Gasteiger partial charge in [-0.3, -0.25) is 4.57 Å². The van der Waals surface area contributed by atoms with E-state index in [-0.39, 0.29) is 59.2 Å². The van der Waals surface area contributed by atoms with Crippen molar-refractivity contribution >= 4 is 13.6 Å². The van der Waals surface area contributed by atoms with Crippen LogP contribution >= 0.6 is 7.82 Å². The van der Waals surface area contributed by atoms with Gasteiger partial charge in [0, 0.05) is 11.1 Å². The molecule has 1 aromatic carbocycles. The molecule has 0 spiro atoms. The van der Waals surface area contributed by atoms with Crippen molar-refractivity contribution < 1.29 is 57.5 Å². The summed E-state index contributed by atoms with van der Waals surface area (Å²) in [4.78, 5) is 12.0. The predicted octanol–water partition coefficient (Wildman–Crippen LogP) is 1.93. The zero-order valence-corrected chi connectivity index (χ0v) is 22.9. The van der Waals surface area contributed by atoms with Crippen LogP contribution in [0.15, 0.2) is 29.8 Å². The molecule has 0 aliphatic rings. The van der Waals surface area contributed by atoms with Crippen LogP contribution in [-0.2, 0) is 18.6 Å². The van der Waals surface area contributed by atoms with Gasteiger partial charge in [-0.15, -0.1) is 0 Å². The molecule has 0 bridgehead atoms. The molecule has 0 heterocycles. The monoisotopic (exact) mass is 461 g/mol. The van der Waals surface area contributed by atoms with Crippen molar-refractivity contribution in [3.05, 3.63) is 35.4 Å². The summed E-state index contributed by atoms with van der Waals surface area (Å²) in [7, 11) is -3.01. The van der Waals surface area contributed by atoms with Crippen molar-refractivity contribution in [2.45, 2.75) is 48.0 Å². The molecule has 0 N–H and O–H groups in total. The van der Waals surface area contributed by atoms with Gasteiger partial charge in [0.15, 0.2) is 0 Å². The van der Waals surface area contributed by atoms with E-state index in [1.807, 2.05) is 12.1 Å². The third kappa shape index (κ3) is 11.5. The van der Waals surface area contributed by atoms with E-state index in [1.165, 1.54) is 6.07 Å². The molecule has 0 radical (unpaired) electrons. The fourth-order valence-corrected chi connectivity index (χ4v) is 3.29. The van der Waals surface area contributed by atoms with E-state index in [9.17, 15) is 9.46 Å². The molecule has 0 amide bonds. The molecular formula is C22H33NNaO6P. The number of phosphoric ester groups is 1. The maximum Gasteiger partial charge on any atom is 1.00 e. The van der Waals surface area contributed by atoms with Gasteiger partial charge < -0.3 is 23.4 Å². The molecule has 7 nitrogen and oxygen atoms in total. The maximum absolute atomic E-state index is 12.0. The number of rotatable bonds is 10. The molecule has 0 saturated carbocycles. The minimum absolute atomic E-state index is 0. The SMILES string of the molecule is COC(=C(COCC(C)(C)C)C(C)(C)C)c1cccc(OP(=O)([O-])OCCC#N)c1.[Na+]. The average molecular weight is 461 g/mol. The second-order valence-electron chi connectivity index (χ2n) is 9.12. The maximum atomic E-state index is 12.0. The molecule has 0 fully saturated rings. The van der Waals surface area contributed by atoms with Crippen LogP contribution in [0.3, 0.4) is 0 Å². The first-order valence-corrected chi connectivity index (χ1v) is 11.2. The second-order valence-corrected chi connectivity index (χ2v) is 10.5. The van der Waals surface area contributed by atoms with Crippen molar-refractivity contribution in [1.82, 2.24) is 0 Å². The Balaban J connectivity index is 0.00000900. The summed E-state index contributed by atoms with van der Waals surface area (Å²) in [5, 5.41) is 8.51. The summed E-state index contributed by atoms with van der Waals surface area (Å²) >= 11 is 0. The number of nitriles is 1. The molecule has 0 aliphatic heterocycles. The zero-order valence-electron chi connectivity index (χ0n) is 20.0. The number of phosphoric acid groups is 1. The van der Waals surface area contributed by atoms with E-state index in [4.69, 9.17) is 19.3 Å². The van der Waals surface area contributed by atoms with Gasteiger partial charge >= 0.3 is 37.4 Å². The van der Waals surface area contributed by atoms with Gasteiger partial charge in [0.1, 0.15) is 11.5 Å². The fourth-order valence-electron chi connectivity index (χ4n) is 2.55. The van der Waals surface area contributed by atoms with Gasteiger partial charge in [0.2, 0.25) is 0 Å². The van der Waals surface area contributed by atoms with Crippen molar-refractivity contribution in [3.8, 4) is 11.8 Å². The number of hydrogen-bond donors (Lipinski definition) is 0. The Labute approximate surface area is 208 Å². The van der Waals surface area contributed by atoms with Crippen LogP contribution in [0.5, 0.6) is 5.75 Å². The summed E-state index contributed by atoms with van der Waals surface area (Å²) < 4.78 is 33.3. The van der Waals surface area contributed by atoms with Crippen LogP contribution in [0.4, 0.5) is 0 Å². The van der Waals surface area contributed by atoms with Crippen LogP contribution in [0.1, 0.15) is 53.5 Å². The number of ether oxygens (including phenoxy) is 2. The summed E-state index contributed by atoms with van der Waals surface area (Å²) in [5.41, 5.74) is 1.40. The molecule has 0 aromatic heterocycles. The van der Waals surface area contributed by atoms with E-state index in [0.717, 1.165) is 5.57 Å². The first kappa shape index (κ1) is 30.2. The molecule has 168 valence electrons. The van der Waals surface area contributed by atoms with Crippen molar-refractivity contribution in [2.24, 2.45) is 10.8 Å². The van der Waals surface area contributed by atoms with Crippen LogP contribution < -0.4 is 39.0 Å². The Kier molecular flexibility index (Phi) is 12.7. The number of hydrogen-bond acceptors (Lipinski definition) is 7. The van der Waals surface area contributed by atoms with E-state index < -0.39 is 7.82 Å². The van der Waals surface area contributed by atoms with Crippen LogP contribution in [0.25, 0.3) is 5.76 Å². The minimum Gasteiger partial charge on any atom is -0.746 e. The van der Waals surface area contributed by atoms with Gasteiger partial charge in [-0.05, 0) is 23.0 Å². The van der Waals surface area contributed by atoms with Gasteiger partial charge in [-0.1, -0.05) is 53.7 Å². The first-order chi connectivity index (χ1) is 13.8. The quantitative estimate of drug-likeness (QED) is 0.227. The van der Waals surface area contributed by atoms with Crippen molar-refractivity contribution in [2.75, 3.05) is 26.9 Å². The second kappa shape index (κ2) is 13.0. The van der Waals surface area contributed by atoms with E-state index >= 15 is 0 Å². The van der Waals surface area contributed by atoms with Gasteiger partial charge in [-0.25, -0.2) is 0 Å². The molecule has 0 aliphatic carbocycles. The number of benzene rings is 1. The van der Waals surface area contributed by atoms with E-state index in [0.29, 0.717) is 24.5 Å². The molecule has 1 atom stereocenters. The summed E-state index contributed by atoms with van der Waals surface area (Å²) in [6.45, 7) is 13.2. The molecule has 1 unspecified atom stereocenters. The van der Waals surface area contributed by atoms with E-state index in [2.05, 4.69) is 46.1 Å². The molecule has 0 saturated heterocycles.